The molecule has 0 bridgehead atoms. The number of amides is 1. The number of carbonyl (C=O) groups is 1. The molecule has 1 amide bonds. The van der Waals surface area contributed by atoms with Gasteiger partial charge in [-0.3, -0.25) is 9.69 Å². The first-order valence-corrected chi connectivity index (χ1v) is 11.1. The largest absolute Gasteiger partial charge is 0.271 e. The fraction of sp³-hybridized carbons (Fsp3) is 0.0909. The molecule has 0 atom stereocenters. The predicted octanol–water partition coefficient (Wildman–Crippen LogP) is 6.94. The lowest BCUT2D eigenvalue weighted by Gasteiger charge is -2.16. The number of anilines is 1. The molecule has 3 nitrogen and oxygen atoms in total. The highest BCUT2D eigenvalue weighted by Gasteiger charge is 2.34. The summed E-state index contributed by atoms with van der Waals surface area (Å²) in [4.78, 5) is 21.4. The van der Waals surface area contributed by atoms with E-state index in [4.69, 9.17) is 4.99 Å². The number of benzene rings is 2. The van der Waals surface area contributed by atoms with Crippen LogP contribution < -0.4 is 4.90 Å². The summed E-state index contributed by atoms with van der Waals surface area (Å²) in [6.45, 7) is 4.06. The molecule has 4 rings (SSSR count). The van der Waals surface area contributed by atoms with Gasteiger partial charge in [-0.05, 0) is 95.1 Å². The lowest BCUT2D eigenvalue weighted by atomic mass is 10.2. The van der Waals surface area contributed by atoms with Gasteiger partial charge >= 0.3 is 0 Å². The third-order valence-electron chi connectivity index (χ3n) is 4.16. The number of aliphatic imine (C=N–C) groups is 1. The number of carbonyl (C=O) groups excluding carboxylic acids is 1. The zero-order valence-electron chi connectivity index (χ0n) is 15.3. The summed E-state index contributed by atoms with van der Waals surface area (Å²) < 4.78 is 1.04. The number of halogens is 1. The summed E-state index contributed by atoms with van der Waals surface area (Å²) in [5.74, 6) is -0.0495. The maximum Gasteiger partial charge on any atom is 0.271 e. The van der Waals surface area contributed by atoms with E-state index in [1.807, 2.05) is 80.6 Å². The van der Waals surface area contributed by atoms with Crippen molar-refractivity contribution in [1.29, 1.82) is 0 Å². The van der Waals surface area contributed by atoms with E-state index < -0.39 is 0 Å². The van der Waals surface area contributed by atoms with Crippen LogP contribution >= 0.6 is 39.0 Å². The van der Waals surface area contributed by atoms with Gasteiger partial charge in [-0.1, -0.05) is 24.3 Å². The summed E-state index contributed by atoms with van der Waals surface area (Å²) >= 11 is 6.49. The summed E-state index contributed by atoms with van der Waals surface area (Å²) in [6.07, 6.45) is 1.93. The molecule has 0 radical (unpaired) electrons. The minimum absolute atomic E-state index is 0.0495. The second-order valence-corrected chi connectivity index (χ2v) is 9.97. The topological polar surface area (TPSA) is 32.7 Å². The summed E-state index contributed by atoms with van der Waals surface area (Å²) in [5, 5.41) is 0.670. The van der Waals surface area contributed by atoms with E-state index >= 15 is 0 Å². The first-order chi connectivity index (χ1) is 13.5. The Morgan fingerprint density at radius 1 is 1.00 bits per heavy atom. The first-order valence-electron chi connectivity index (χ1n) is 8.71. The van der Waals surface area contributed by atoms with Crippen molar-refractivity contribution >= 4 is 67.6 Å². The van der Waals surface area contributed by atoms with Gasteiger partial charge < -0.3 is 0 Å². The number of hydrogen-bond acceptors (Lipinski definition) is 4. The van der Waals surface area contributed by atoms with Gasteiger partial charge in [-0.15, -0.1) is 11.3 Å². The van der Waals surface area contributed by atoms with Crippen LogP contribution in [0.15, 0.2) is 74.3 Å². The molecular weight excluding hydrogens is 452 g/mol. The highest BCUT2D eigenvalue weighted by atomic mass is 79.9. The molecule has 0 unspecified atom stereocenters. The number of thiophene rings is 1. The van der Waals surface area contributed by atoms with E-state index in [9.17, 15) is 4.79 Å². The Labute approximate surface area is 180 Å². The van der Waals surface area contributed by atoms with Gasteiger partial charge in [0.2, 0.25) is 0 Å². The lowest BCUT2D eigenvalue weighted by Crippen LogP contribution is -2.28. The minimum atomic E-state index is -0.0495. The molecule has 3 aromatic rings. The van der Waals surface area contributed by atoms with Crippen LogP contribution in [0.3, 0.4) is 0 Å². The van der Waals surface area contributed by atoms with Crippen molar-refractivity contribution in [2.45, 2.75) is 13.8 Å². The van der Waals surface area contributed by atoms with E-state index in [2.05, 4.69) is 15.9 Å². The zero-order valence-corrected chi connectivity index (χ0v) is 18.6. The Morgan fingerprint density at radius 2 is 1.75 bits per heavy atom. The molecule has 1 aromatic heterocycles. The van der Waals surface area contributed by atoms with Crippen LogP contribution in [0, 0.1) is 13.8 Å². The third-order valence-corrected chi connectivity index (χ3v) is 6.70. The standard InChI is InChI=1S/C22H17BrN2OS2/c1-14-5-3-7-16(11-14)24-22-25(17-8-4-6-15(2)12-17)21(26)19(28-22)13-18-9-10-20(23)27-18/h3-13H,1-2H3/b19-13-,24-22?. The van der Waals surface area contributed by atoms with Gasteiger partial charge in [0.05, 0.1) is 20.1 Å². The third kappa shape index (κ3) is 4.14. The minimum Gasteiger partial charge on any atom is -0.268 e. The summed E-state index contributed by atoms with van der Waals surface area (Å²) in [7, 11) is 0. The van der Waals surface area contributed by atoms with Crippen LogP contribution in [0.5, 0.6) is 0 Å². The highest BCUT2D eigenvalue weighted by molar-refractivity contribution is 9.11. The van der Waals surface area contributed by atoms with Crippen molar-refractivity contribution in [2.75, 3.05) is 4.90 Å². The predicted molar refractivity (Wildman–Crippen MR) is 125 cm³/mol. The van der Waals surface area contributed by atoms with Crippen molar-refractivity contribution in [3.63, 3.8) is 0 Å². The number of rotatable bonds is 3. The number of nitrogens with zero attached hydrogens (tertiary/aromatic N) is 2. The van der Waals surface area contributed by atoms with Crippen molar-refractivity contribution in [3.8, 4) is 0 Å². The molecule has 140 valence electrons. The Morgan fingerprint density at radius 3 is 2.43 bits per heavy atom. The fourth-order valence-corrected chi connectivity index (χ4v) is 5.32. The van der Waals surface area contributed by atoms with E-state index in [0.717, 1.165) is 31.2 Å². The number of hydrogen-bond donors (Lipinski definition) is 0. The lowest BCUT2D eigenvalue weighted by molar-refractivity contribution is -0.113. The molecule has 1 saturated heterocycles. The van der Waals surface area contributed by atoms with Crippen molar-refractivity contribution in [1.82, 2.24) is 0 Å². The molecule has 6 heteroatoms. The molecular formula is C22H17BrN2OS2. The number of thioether (sulfide) groups is 1. The fourth-order valence-electron chi connectivity index (χ4n) is 2.89. The van der Waals surface area contributed by atoms with Crippen LogP contribution in [0.25, 0.3) is 6.08 Å². The number of aryl methyl sites for hydroxylation is 2. The Kier molecular flexibility index (Phi) is 5.53. The maximum absolute atomic E-state index is 13.2. The van der Waals surface area contributed by atoms with Crippen LogP contribution in [0.1, 0.15) is 16.0 Å². The molecule has 0 N–H and O–H groups in total. The van der Waals surface area contributed by atoms with Gasteiger partial charge in [0.1, 0.15) is 0 Å². The van der Waals surface area contributed by atoms with Gasteiger partial charge in [-0.2, -0.15) is 0 Å². The Bertz CT molecular complexity index is 1120. The molecule has 0 saturated carbocycles. The van der Waals surface area contributed by atoms with E-state index in [0.29, 0.717) is 10.1 Å². The number of amidine groups is 1. The van der Waals surface area contributed by atoms with Gasteiger partial charge in [0, 0.05) is 4.88 Å². The van der Waals surface area contributed by atoms with Crippen molar-refractivity contribution in [3.05, 3.63) is 85.4 Å². The monoisotopic (exact) mass is 468 g/mol. The molecule has 2 aromatic carbocycles. The second kappa shape index (κ2) is 8.07. The van der Waals surface area contributed by atoms with Crippen LogP contribution in [-0.2, 0) is 4.79 Å². The van der Waals surface area contributed by atoms with Gasteiger partial charge in [0.25, 0.3) is 5.91 Å². The SMILES string of the molecule is Cc1cccc(N=C2S/C(=C\c3ccc(Br)s3)C(=O)N2c2cccc(C)c2)c1. The average Bonchev–Trinajstić information content (AvgIpc) is 3.18. The highest BCUT2D eigenvalue weighted by Crippen LogP contribution is 2.38. The normalized spacial score (nSPS) is 17.1. The first kappa shape index (κ1) is 19.2. The van der Waals surface area contributed by atoms with E-state index in [1.165, 1.54) is 11.8 Å². The van der Waals surface area contributed by atoms with Gasteiger partial charge in [-0.25, -0.2) is 4.99 Å². The van der Waals surface area contributed by atoms with Crippen molar-refractivity contribution in [2.24, 2.45) is 4.99 Å². The summed E-state index contributed by atoms with van der Waals surface area (Å²) in [5.41, 5.74) is 3.91. The zero-order chi connectivity index (χ0) is 19.7. The van der Waals surface area contributed by atoms with Gasteiger partial charge in [0.15, 0.2) is 5.17 Å². The van der Waals surface area contributed by atoms with E-state index in [-0.39, 0.29) is 5.91 Å². The maximum atomic E-state index is 13.2. The molecule has 28 heavy (non-hydrogen) atoms. The quantitative estimate of drug-likeness (QED) is 0.390. The van der Waals surface area contributed by atoms with Crippen LogP contribution in [0.2, 0.25) is 0 Å². The summed E-state index contributed by atoms with van der Waals surface area (Å²) in [6, 6.07) is 19.9. The average molecular weight is 469 g/mol. The smallest absolute Gasteiger partial charge is 0.268 e. The molecule has 1 aliphatic heterocycles. The van der Waals surface area contributed by atoms with E-state index in [1.54, 1.807) is 16.2 Å². The van der Waals surface area contributed by atoms with Crippen molar-refractivity contribution < 1.29 is 4.79 Å². The molecule has 0 spiro atoms. The molecule has 2 heterocycles. The second-order valence-electron chi connectivity index (χ2n) is 6.47. The van der Waals surface area contributed by atoms with Crippen LogP contribution in [0.4, 0.5) is 11.4 Å². The van der Waals surface area contributed by atoms with Crippen LogP contribution in [-0.4, -0.2) is 11.1 Å². The molecule has 0 aliphatic carbocycles. The Balaban J connectivity index is 1.79. The molecule has 1 aliphatic rings. The Hall–Kier alpha value is -2.15. The molecule has 1 fully saturated rings.